The molecule has 1 saturated heterocycles. The molecule has 0 aliphatic carbocycles. The third-order valence-corrected chi connectivity index (χ3v) is 5.50. The van der Waals surface area contributed by atoms with Gasteiger partial charge in [0.2, 0.25) is 15.9 Å². The summed E-state index contributed by atoms with van der Waals surface area (Å²) >= 11 is 0. The second-order valence-electron chi connectivity index (χ2n) is 5.32. The standard InChI is InChI=1S/C14H24N2O6S/c1-3-8-22-10-12(14(18)19)15-13(17)11-6-5-7-16(9-11)23(20,21)4-2/h3,11-12H,1,4-10H2,2H3,(H,15,17)(H,18,19). The summed E-state index contributed by atoms with van der Waals surface area (Å²) < 4.78 is 30.2. The molecule has 0 saturated carbocycles. The Morgan fingerprint density at radius 1 is 1.52 bits per heavy atom. The summed E-state index contributed by atoms with van der Waals surface area (Å²) in [5.41, 5.74) is 0. The van der Waals surface area contributed by atoms with Gasteiger partial charge in [-0.25, -0.2) is 17.5 Å². The van der Waals surface area contributed by atoms with Gasteiger partial charge in [0.25, 0.3) is 0 Å². The lowest BCUT2D eigenvalue weighted by Gasteiger charge is -2.31. The largest absolute Gasteiger partial charge is 0.480 e. The minimum Gasteiger partial charge on any atom is -0.480 e. The van der Waals surface area contributed by atoms with Gasteiger partial charge in [0.15, 0.2) is 6.04 Å². The van der Waals surface area contributed by atoms with E-state index in [4.69, 9.17) is 9.84 Å². The smallest absolute Gasteiger partial charge is 0.328 e. The SMILES string of the molecule is C=CCOCC(NC(=O)C1CCCN(S(=O)(=O)CC)C1)C(=O)O. The minimum absolute atomic E-state index is 0.0194. The number of ether oxygens (including phenoxy) is 1. The van der Waals surface area contributed by atoms with Gasteiger partial charge >= 0.3 is 5.97 Å². The second-order valence-corrected chi connectivity index (χ2v) is 7.58. The molecule has 23 heavy (non-hydrogen) atoms. The van der Waals surface area contributed by atoms with Crippen molar-refractivity contribution in [3.05, 3.63) is 12.7 Å². The Morgan fingerprint density at radius 2 is 2.22 bits per heavy atom. The average molecular weight is 348 g/mol. The molecule has 1 aliphatic heterocycles. The molecule has 0 aromatic heterocycles. The molecule has 1 rings (SSSR count). The third-order valence-electron chi connectivity index (χ3n) is 3.65. The van der Waals surface area contributed by atoms with Gasteiger partial charge < -0.3 is 15.2 Å². The summed E-state index contributed by atoms with van der Waals surface area (Å²) in [5.74, 6) is -2.23. The number of nitrogens with zero attached hydrogens (tertiary/aromatic N) is 1. The van der Waals surface area contributed by atoms with Crippen LogP contribution in [0, 0.1) is 5.92 Å². The number of hydrogen-bond donors (Lipinski definition) is 2. The highest BCUT2D eigenvalue weighted by Crippen LogP contribution is 2.19. The highest BCUT2D eigenvalue weighted by atomic mass is 32.2. The molecule has 9 heteroatoms. The number of amides is 1. The summed E-state index contributed by atoms with van der Waals surface area (Å²) in [6.07, 6.45) is 2.58. The summed E-state index contributed by atoms with van der Waals surface area (Å²) in [6, 6.07) is -1.17. The first-order chi connectivity index (χ1) is 10.8. The molecule has 0 spiro atoms. The highest BCUT2D eigenvalue weighted by Gasteiger charge is 2.33. The molecule has 1 heterocycles. The average Bonchev–Trinajstić information content (AvgIpc) is 2.53. The van der Waals surface area contributed by atoms with Crippen molar-refractivity contribution in [2.24, 2.45) is 5.92 Å². The number of aliphatic carboxylic acids is 1. The topological polar surface area (TPSA) is 113 Å². The molecule has 1 amide bonds. The summed E-state index contributed by atoms with van der Waals surface area (Å²) in [4.78, 5) is 23.4. The minimum atomic E-state index is -3.35. The van der Waals surface area contributed by atoms with Gasteiger partial charge in [0.1, 0.15) is 0 Å². The fourth-order valence-corrected chi connectivity index (χ4v) is 3.50. The third kappa shape index (κ3) is 5.92. The van der Waals surface area contributed by atoms with Crippen LogP contribution in [0.5, 0.6) is 0 Å². The Labute approximate surface area is 136 Å². The van der Waals surface area contributed by atoms with Crippen LogP contribution in [0.2, 0.25) is 0 Å². The zero-order valence-electron chi connectivity index (χ0n) is 13.2. The Kier molecular flexibility index (Phi) is 7.66. The molecule has 0 bridgehead atoms. The van der Waals surface area contributed by atoms with Crippen LogP contribution < -0.4 is 5.32 Å². The number of carbonyl (C=O) groups excluding carboxylic acids is 1. The molecule has 2 unspecified atom stereocenters. The van der Waals surface area contributed by atoms with Crippen molar-refractivity contribution in [2.45, 2.75) is 25.8 Å². The van der Waals surface area contributed by atoms with Gasteiger partial charge in [-0.15, -0.1) is 6.58 Å². The van der Waals surface area contributed by atoms with E-state index in [1.165, 1.54) is 10.4 Å². The second kappa shape index (κ2) is 8.99. The highest BCUT2D eigenvalue weighted by molar-refractivity contribution is 7.89. The van der Waals surface area contributed by atoms with Crippen molar-refractivity contribution < 1.29 is 27.9 Å². The van der Waals surface area contributed by atoms with E-state index in [-0.39, 0.29) is 25.5 Å². The molecule has 8 nitrogen and oxygen atoms in total. The lowest BCUT2D eigenvalue weighted by molar-refractivity contribution is -0.144. The van der Waals surface area contributed by atoms with E-state index >= 15 is 0 Å². The Bertz CT molecular complexity index is 533. The van der Waals surface area contributed by atoms with Crippen LogP contribution in [0.3, 0.4) is 0 Å². The molecule has 2 N–H and O–H groups in total. The predicted molar refractivity (Wildman–Crippen MR) is 84.3 cm³/mol. The molecule has 2 atom stereocenters. The summed E-state index contributed by atoms with van der Waals surface area (Å²) in [5, 5.41) is 11.5. The number of hydrogen-bond acceptors (Lipinski definition) is 5. The van der Waals surface area contributed by atoms with Crippen molar-refractivity contribution >= 4 is 21.9 Å². The first-order valence-corrected chi connectivity index (χ1v) is 9.12. The van der Waals surface area contributed by atoms with Gasteiger partial charge in [0, 0.05) is 13.1 Å². The number of nitrogens with one attached hydrogen (secondary N) is 1. The van der Waals surface area contributed by atoms with E-state index in [0.29, 0.717) is 19.4 Å². The zero-order valence-corrected chi connectivity index (χ0v) is 14.0. The van der Waals surface area contributed by atoms with Gasteiger partial charge in [-0.1, -0.05) is 6.08 Å². The zero-order chi connectivity index (χ0) is 17.5. The molecule has 1 aliphatic rings. The Hall–Kier alpha value is -1.45. The first kappa shape index (κ1) is 19.6. The van der Waals surface area contributed by atoms with Crippen LogP contribution in [0.25, 0.3) is 0 Å². The molecule has 1 fully saturated rings. The number of carboxylic acid groups (broad SMARTS) is 1. The van der Waals surface area contributed by atoms with Crippen LogP contribution in [0.15, 0.2) is 12.7 Å². The maximum absolute atomic E-state index is 12.2. The molecular weight excluding hydrogens is 324 g/mol. The maximum atomic E-state index is 12.2. The van der Waals surface area contributed by atoms with E-state index < -0.39 is 33.9 Å². The fraction of sp³-hybridized carbons (Fsp3) is 0.714. The van der Waals surface area contributed by atoms with E-state index in [9.17, 15) is 18.0 Å². The monoisotopic (exact) mass is 348 g/mol. The van der Waals surface area contributed by atoms with Crippen molar-refractivity contribution in [2.75, 3.05) is 32.1 Å². The van der Waals surface area contributed by atoms with Gasteiger partial charge in [-0.05, 0) is 19.8 Å². The normalized spacial score (nSPS) is 20.7. The van der Waals surface area contributed by atoms with E-state index in [0.717, 1.165) is 0 Å². The van der Waals surface area contributed by atoms with Gasteiger partial charge in [0.05, 0.1) is 24.9 Å². The van der Waals surface area contributed by atoms with Gasteiger partial charge in [-0.2, -0.15) is 0 Å². The van der Waals surface area contributed by atoms with Crippen LogP contribution >= 0.6 is 0 Å². The van der Waals surface area contributed by atoms with Gasteiger partial charge in [-0.3, -0.25) is 4.79 Å². The Balaban J connectivity index is 2.64. The fourth-order valence-electron chi connectivity index (χ4n) is 2.33. The quantitative estimate of drug-likeness (QED) is 0.441. The molecular formula is C14H24N2O6S. The number of piperidine rings is 1. The molecule has 0 aromatic rings. The lowest BCUT2D eigenvalue weighted by atomic mass is 9.98. The van der Waals surface area contributed by atoms with Crippen molar-refractivity contribution in [3.63, 3.8) is 0 Å². The lowest BCUT2D eigenvalue weighted by Crippen LogP contribution is -2.50. The number of sulfonamides is 1. The van der Waals surface area contributed by atoms with Crippen LogP contribution in [0.4, 0.5) is 0 Å². The van der Waals surface area contributed by atoms with Crippen molar-refractivity contribution in [3.8, 4) is 0 Å². The summed E-state index contributed by atoms with van der Waals surface area (Å²) in [7, 11) is -3.35. The Morgan fingerprint density at radius 3 is 2.78 bits per heavy atom. The van der Waals surface area contributed by atoms with E-state index in [1.807, 2.05) is 0 Å². The first-order valence-electron chi connectivity index (χ1n) is 7.51. The predicted octanol–water partition coefficient (Wildman–Crippen LogP) is -0.180. The number of carbonyl (C=O) groups is 2. The summed E-state index contributed by atoms with van der Waals surface area (Å²) in [6.45, 7) is 5.50. The van der Waals surface area contributed by atoms with E-state index in [1.54, 1.807) is 6.92 Å². The number of rotatable bonds is 9. The van der Waals surface area contributed by atoms with Crippen molar-refractivity contribution in [1.82, 2.24) is 9.62 Å². The van der Waals surface area contributed by atoms with Crippen LogP contribution in [0.1, 0.15) is 19.8 Å². The molecule has 132 valence electrons. The maximum Gasteiger partial charge on any atom is 0.328 e. The molecule has 0 radical (unpaired) electrons. The number of carboxylic acids is 1. The molecule has 0 aromatic carbocycles. The van der Waals surface area contributed by atoms with Crippen LogP contribution in [-0.2, 0) is 24.3 Å². The van der Waals surface area contributed by atoms with Crippen molar-refractivity contribution in [1.29, 1.82) is 0 Å². The van der Waals surface area contributed by atoms with Crippen LogP contribution in [-0.4, -0.2) is 67.8 Å². The van der Waals surface area contributed by atoms with E-state index in [2.05, 4.69) is 11.9 Å².